The van der Waals surface area contributed by atoms with Crippen LogP contribution in [0.1, 0.15) is 117 Å². The molecule has 4 aromatic carbocycles. The molecule has 0 spiro atoms. The molecule has 0 aliphatic carbocycles. The maximum atomic E-state index is 12.0. The zero-order valence-corrected chi connectivity index (χ0v) is 40.9. The zero-order chi connectivity index (χ0) is 45.3. The number of phenols is 2. The lowest BCUT2D eigenvalue weighted by atomic mass is 10.2. The molecule has 2 atom stereocenters. The topological polar surface area (TPSA) is 152 Å². The van der Waals surface area contributed by atoms with Gasteiger partial charge in [-0.3, -0.25) is 0 Å². The second kappa shape index (κ2) is 43.0. The molecule has 328 valence electrons. The molecule has 4 rings (SSSR count). The van der Waals surface area contributed by atoms with E-state index in [0.29, 0.717) is 15.1 Å². The molecule has 10 nitrogen and oxygen atoms in total. The summed E-state index contributed by atoms with van der Waals surface area (Å²) in [5, 5.41) is 38.9. The Hall–Kier alpha value is -3.60. The SMILES string of the molecule is CC.CC.CC.CC.CCC.CCC.O=C(OCC(O)COc1ccccc1)c1cc(I)cc(I)c1O.O=C(OCC(O)COc1ccccc1)c1ccccc1O. The van der Waals surface area contributed by atoms with Gasteiger partial charge in [0.1, 0.15) is 72.8 Å². The summed E-state index contributed by atoms with van der Waals surface area (Å²) >= 11 is 3.99. The number of rotatable bonds is 12. The normalized spacial score (nSPS) is 9.93. The van der Waals surface area contributed by atoms with Crippen LogP contribution in [0.2, 0.25) is 0 Å². The summed E-state index contributed by atoms with van der Waals surface area (Å²) in [6.45, 7) is 24.1. The second-order valence-corrected chi connectivity index (χ2v) is 12.9. The Morgan fingerprint density at radius 1 is 0.534 bits per heavy atom. The first kappa shape index (κ1) is 61.1. The van der Waals surface area contributed by atoms with Gasteiger partial charge in [0, 0.05) is 3.57 Å². The molecule has 0 saturated heterocycles. The first-order valence-corrected chi connectivity index (χ1v) is 22.1. The molecule has 0 aromatic heterocycles. The number of aliphatic hydroxyl groups is 2. The van der Waals surface area contributed by atoms with Gasteiger partial charge in [-0.15, -0.1) is 0 Å². The number of ether oxygens (including phenoxy) is 4. The van der Waals surface area contributed by atoms with Crippen LogP contribution in [0.5, 0.6) is 23.0 Å². The van der Waals surface area contributed by atoms with Crippen LogP contribution in [-0.4, -0.2) is 71.0 Å². The predicted octanol–water partition coefficient (Wildman–Crippen LogP) is 12.1. The van der Waals surface area contributed by atoms with Gasteiger partial charge < -0.3 is 39.4 Å². The van der Waals surface area contributed by atoms with Crippen molar-refractivity contribution in [3.05, 3.63) is 115 Å². The second-order valence-electron chi connectivity index (χ2n) is 10.5. The molecule has 12 heteroatoms. The Morgan fingerprint density at radius 2 is 0.879 bits per heavy atom. The van der Waals surface area contributed by atoms with Crippen LogP contribution in [0.15, 0.2) is 97.1 Å². The van der Waals surface area contributed by atoms with E-state index in [0.717, 1.165) is 3.57 Å². The molecule has 4 N–H and O–H groups in total. The van der Waals surface area contributed by atoms with Gasteiger partial charge in [0.15, 0.2) is 0 Å². The van der Waals surface area contributed by atoms with Crippen molar-refractivity contribution in [1.82, 2.24) is 0 Å². The van der Waals surface area contributed by atoms with Crippen molar-refractivity contribution in [2.45, 2.75) is 108 Å². The Kier molecular flexibility index (Phi) is 45.3. The fraction of sp³-hybridized carbons (Fsp3) is 0.435. The van der Waals surface area contributed by atoms with E-state index in [1.54, 1.807) is 42.5 Å². The zero-order valence-electron chi connectivity index (χ0n) is 36.6. The lowest BCUT2D eigenvalue weighted by Crippen LogP contribution is -2.25. The summed E-state index contributed by atoms with van der Waals surface area (Å²) in [6, 6.07) is 27.4. The third-order valence-corrected chi connectivity index (χ3v) is 7.00. The Labute approximate surface area is 376 Å². The molecule has 0 bridgehead atoms. The number of aliphatic hydroxyl groups excluding tert-OH is 2. The molecule has 0 radical (unpaired) electrons. The van der Waals surface area contributed by atoms with Gasteiger partial charge in [0.05, 0.1) is 3.57 Å². The van der Waals surface area contributed by atoms with Gasteiger partial charge in [-0.1, -0.05) is 144 Å². The van der Waals surface area contributed by atoms with E-state index in [-0.39, 0.29) is 49.1 Å². The van der Waals surface area contributed by atoms with Gasteiger partial charge in [-0.05, 0) is 93.7 Å². The number of benzene rings is 4. The number of carbonyl (C=O) groups excluding carboxylic acids is 2. The number of phenolic OH excluding ortho intramolecular Hbond substituents is 2. The summed E-state index contributed by atoms with van der Waals surface area (Å²) in [5.41, 5.74) is 0.145. The fourth-order valence-corrected chi connectivity index (χ4v) is 5.23. The lowest BCUT2D eigenvalue weighted by molar-refractivity contribution is 0.0125. The van der Waals surface area contributed by atoms with E-state index in [2.05, 4.69) is 27.7 Å². The summed E-state index contributed by atoms with van der Waals surface area (Å²) in [7, 11) is 0. The van der Waals surface area contributed by atoms with Crippen LogP contribution >= 0.6 is 45.2 Å². The van der Waals surface area contributed by atoms with Crippen LogP contribution in [0.3, 0.4) is 0 Å². The maximum absolute atomic E-state index is 12.0. The smallest absolute Gasteiger partial charge is 0.342 e. The fourth-order valence-electron chi connectivity index (χ4n) is 3.38. The van der Waals surface area contributed by atoms with Crippen molar-refractivity contribution >= 4 is 57.1 Å². The van der Waals surface area contributed by atoms with Crippen molar-refractivity contribution in [3.8, 4) is 23.0 Å². The van der Waals surface area contributed by atoms with Crippen molar-refractivity contribution in [3.63, 3.8) is 0 Å². The summed E-state index contributed by atoms with van der Waals surface area (Å²) in [6.07, 6.45) is 0.600. The molecule has 58 heavy (non-hydrogen) atoms. The molecule has 0 fully saturated rings. The highest BCUT2D eigenvalue weighted by atomic mass is 127. The van der Waals surface area contributed by atoms with Crippen LogP contribution in [0.25, 0.3) is 0 Å². The van der Waals surface area contributed by atoms with Crippen molar-refractivity contribution in [2.75, 3.05) is 26.4 Å². The molecular weight excluding hydrogens is 966 g/mol. The molecule has 0 aliphatic heterocycles. The summed E-state index contributed by atoms with van der Waals surface area (Å²) in [5.74, 6) is -0.389. The average molecular weight is 1040 g/mol. The number of esters is 2. The van der Waals surface area contributed by atoms with Gasteiger partial charge >= 0.3 is 11.9 Å². The highest BCUT2D eigenvalue weighted by molar-refractivity contribution is 14.1. The van der Waals surface area contributed by atoms with E-state index in [1.165, 1.54) is 31.0 Å². The van der Waals surface area contributed by atoms with Gasteiger partial charge in [0.2, 0.25) is 0 Å². The molecule has 0 amide bonds. The third kappa shape index (κ3) is 30.5. The van der Waals surface area contributed by atoms with E-state index < -0.39 is 24.1 Å². The van der Waals surface area contributed by atoms with Crippen LogP contribution in [-0.2, 0) is 9.47 Å². The quantitative estimate of drug-likeness (QED) is 0.0797. The Bertz CT molecular complexity index is 1520. The molecule has 2 unspecified atom stereocenters. The molecular formula is C46H70I2O10. The molecule has 0 heterocycles. The minimum absolute atomic E-state index is 0.00708. The van der Waals surface area contributed by atoms with E-state index in [1.807, 2.05) is 137 Å². The van der Waals surface area contributed by atoms with Gasteiger partial charge in [0.25, 0.3) is 0 Å². The molecule has 0 saturated carbocycles. The van der Waals surface area contributed by atoms with Crippen LogP contribution < -0.4 is 9.47 Å². The van der Waals surface area contributed by atoms with Crippen molar-refractivity contribution < 1.29 is 49.0 Å². The number of para-hydroxylation sites is 3. The van der Waals surface area contributed by atoms with Crippen LogP contribution in [0.4, 0.5) is 0 Å². The van der Waals surface area contributed by atoms with Crippen LogP contribution in [0, 0.1) is 7.14 Å². The first-order valence-electron chi connectivity index (χ1n) is 20.0. The Balaban J connectivity index is -0.000000385. The van der Waals surface area contributed by atoms with Gasteiger partial charge in [-0.25, -0.2) is 9.59 Å². The summed E-state index contributed by atoms with van der Waals surface area (Å²) < 4.78 is 22.1. The van der Waals surface area contributed by atoms with Crippen molar-refractivity contribution in [1.29, 1.82) is 0 Å². The minimum Gasteiger partial charge on any atom is -0.507 e. The largest absolute Gasteiger partial charge is 0.507 e. The highest BCUT2D eigenvalue weighted by Crippen LogP contribution is 2.27. The first-order chi connectivity index (χ1) is 28.0. The maximum Gasteiger partial charge on any atom is 0.342 e. The highest BCUT2D eigenvalue weighted by Gasteiger charge is 2.18. The predicted molar refractivity (Wildman–Crippen MR) is 255 cm³/mol. The van der Waals surface area contributed by atoms with Gasteiger partial charge in [-0.2, -0.15) is 0 Å². The third-order valence-electron chi connectivity index (χ3n) is 5.56. The molecule has 4 aromatic rings. The number of halogens is 2. The van der Waals surface area contributed by atoms with Crippen molar-refractivity contribution in [2.24, 2.45) is 0 Å². The van der Waals surface area contributed by atoms with E-state index in [4.69, 9.17) is 18.9 Å². The lowest BCUT2D eigenvalue weighted by Gasteiger charge is -2.13. The number of aromatic hydroxyl groups is 2. The Morgan fingerprint density at radius 3 is 1.26 bits per heavy atom. The number of hydrogen-bond donors (Lipinski definition) is 4. The van der Waals surface area contributed by atoms with E-state index >= 15 is 0 Å². The molecule has 0 aliphatic rings. The summed E-state index contributed by atoms with van der Waals surface area (Å²) in [4.78, 5) is 23.7. The average Bonchev–Trinajstić information content (AvgIpc) is 3.26. The number of carbonyl (C=O) groups is 2. The standard InChI is InChI=1S/C16H14I2O5.C16H16O5.2C3H8.4C2H6/c17-10-6-13(15(20)14(18)7-10)16(21)23-9-11(19)8-22-12-4-2-1-3-5-12;17-12(10-20-13-6-2-1-3-7-13)11-21-16(19)14-8-4-5-9-15(14)18;2*1-3-2;4*1-2/h1-7,11,19-20H,8-9H2;1-9,12,17-18H,10-11H2;2*3H2,1-2H3;4*1-2H3. The van der Waals surface area contributed by atoms with E-state index in [9.17, 15) is 30.0 Å². The minimum atomic E-state index is -0.955. The monoisotopic (exact) mass is 1040 g/mol. The number of hydrogen-bond acceptors (Lipinski definition) is 10.